The first-order valence-corrected chi connectivity index (χ1v) is 12.1. The number of hydrogen-bond acceptors (Lipinski definition) is 4. The van der Waals surface area contributed by atoms with Crippen molar-refractivity contribution in [2.24, 2.45) is 0 Å². The minimum atomic E-state index is -1.74. The number of carbonyl (C=O) groups excluding carboxylic acids is 3. The number of fused-ring (bicyclic) bond motifs is 2. The van der Waals surface area contributed by atoms with E-state index in [0.717, 1.165) is 11.1 Å². The van der Waals surface area contributed by atoms with Gasteiger partial charge in [-0.1, -0.05) is 54.6 Å². The third-order valence-corrected chi connectivity index (χ3v) is 7.20. The number of piperazine rings is 1. The quantitative estimate of drug-likeness (QED) is 0.645. The molecule has 2 aliphatic heterocycles. The summed E-state index contributed by atoms with van der Waals surface area (Å²) in [5.74, 6) is -1.12. The van der Waals surface area contributed by atoms with Crippen molar-refractivity contribution in [1.29, 1.82) is 0 Å². The molecule has 1 fully saturated rings. The maximum atomic E-state index is 13.5. The fraction of sp³-hybridized carbons (Fsp3) is 0.296. The average Bonchev–Trinajstić information content (AvgIpc) is 2.98. The minimum absolute atomic E-state index is 0.00520. The van der Waals surface area contributed by atoms with Crippen LogP contribution in [-0.4, -0.2) is 63.7 Å². The Morgan fingerprint density at radius 3 is 2.63 bits per heavy atom. The molecule has 8 heteroatoms. The van der Waals surface area contributed by atoms with Gasteiger partial charge >= 0.3 is 0 Å². The van der Waals surface area contributed by atoms with Crippen LogP contribution in [0, 0.1) is 0 Å². The molecule has 1 aliphatic carbocycles. The highest BCUT2D eigenvalue weighted by Gasteiger charge is 2.44. The summed E-state index contributed by atoms with van der Waals surface area (Å²) < 4.78 is 0. The standard InChI is InChI=1S/C27H26ClN3O4/c1-27(35,19-5-3-2-4-6-19)26(34)30-13-14-31-23(16-30)24(32)29-22-12-9-18(15-21(22)25(31)33)17-7-10-20(28)11-8-17/h2-10,12,15,20,23,35H,11,13-14,16H2,1H3,(H,29,32). The number of anilines is 1. The van der Waals surface area contributed by atoms with Gasteiger partial charge in [0, 0.05) is 13.1 Å². The number of rotatable bonds is 3. The molecule has 0 spiro atoms. The van der Waals surface area contributed by atoms with Gasteiger partial charge in [-0.05, 0) is 42.2 Å². The Kier molecular flexibility index (Phi) is 5.99. The Balaban J connectivity index is 1.39. The SMILES string of the molecule is CC(O)(C(=O)N1CCN2C(=O)c3cc(C4=CCC(Cl)C=C4)ccc3NC(=O)C2C1)c1ccccc1. The van der Waals surface area contributed by atoms with Crippen molar-refractivity contribution in [1.82, 2.24) is 9.80 Å². The van der Waals surface area contributed by atoms with E-state index < -0.39 is 17.6 Å². The van der Waals surface area contributed by atoms with Gasteiger partial charge in [0.25, 0.3) is 11.8 Å². The van der Waals surface area contributed by atoms with Crippen LogP contribution in [0.3, 0.4) is 0 Å². The third kappa shape index (κ3) is 4.26. The van der Waals surface area contributed by atoms with Crippen molar-refractivity contribution < 1.29 is 19.5 Å². The third-order valence-electron chi connectivity index (χ3n) is 6.87. The number of alkyl halides is 1. The number of aliphatic hydroxyl groups is 1. The first kappa shape index (κ1) is 23.3. The minimum Gasteiger partial charge on any atom is -0.376 e. The number of allylic oxidation sites excluding steroid dienone is 4. The number of benzene rings is 2. The summed E-state index contributed by atoms with van der Waals surface area (Å²) in [6.45, 7) is 1.86. The molecular weight excluding hydrogens is 466 g/mol. The highest BCUT2D eigenvalue weighted by Crippen LogP contribution is 2.32. The molecule has 3 atom stereocenters. The normalized spacial score (nSPS) is 23.5. The van der Waals surface area contributed by atoms with Crippen LogP contribution in [0.5, 0.6) is 0 Å². The van der Waals surface area contributed by atoms with Crippen LogP contribution in [-0.2, 0) is 15.2 Å². The van der Waals surface area contributed by atoms with Gasteiger partial charge in [0.15, 0.2) is 5.60 Å². The molecule has 180 valence electrons. The number of carbonyl (C=O) groups is 3. The molecule has 0 bridgehead atoms. The lowest BCUT2D eigenvalue weighted by Crippen LogP contribution is -2.61. The predicted molar refractivity (Wildman–Crippen MR) is 134 cm³/mol. The maximum Gasteiger partial charge on any atom is 0.259 e. The molecule has 2 aromatic carbocycles. The van der Waals surface area contributed by atoms with Crippen molar-refractivity contribution in [3.05, 3.63) is 83.4 Å². The first-order chi connectivity index (χ1) is 16.8. The molecule has 35 heavy (non-hydrogen) atoms. The topological polar surface area (TPSA) is 89.9 Å². The molecule has 7 nitrogen and oxygen atoms in total. The van der Waals surface area contributed by atoms with Crippen LogP contribution >= 0.6 is 11.6 Å². The van der Waals surface area contributed by atoms with E-state index >= 15 is 0 Å². The summed E-state index contributed by atoms with van der Waals surface area (Å²) in [6, 6.07) is 13.2. The van der Waals surface area contributed by atoms with E-state index in [1.54, 1.807) is 36.4 Å². The van der Waals surface area contributed by atoms with Crippen molar-refractivity contribution in [2.75, 3.05) is 25.0 Å². The molecule has 0 saturated carbocycles. The molecule has 0 aromatic heterocycles. The number of hydrogen-bond donors (Lipinski definition) is 2. The van der Waals surface area contributed by atoms with Gasteiger partial charge in [-0.25, -0.2) is 0 Å². The van der Waals surface area contributed by atoms with Crippen LogP contribution in [0.25, 0.3) is 5.57 Å². The van der Waals surface area contributed by atoms with E-state index in [2.05, 4.69) is 5.32 Å². The van der Waals surface area contributed by atoms with Crippen LogP contribution in [0.15, 0.2) is 66.8 Å². The van der Waals surface area contributed by atoms with Crippen LogP contribution in [0.1, 0.15) is 34.8 Å². The lowest BCUT2D eigenvalue weighted by molar-refractivity contribution is -0.153. The molecular formula is C27H26ClN3O4. The second-order valence-corrected chi connectivity index (χ2v) is 9.78. The molecule has 3 aliphatic rings. The predicted octanol–water partition coefficient (Wildman–Crippen LogP) is 3.15. The highest BCUT2D eigenvalue weighted by molar-refractivity contribution is 6.22. The zero-order valence-corrected chi connectivity index (χ0v) is 20.0. The van der Waals surface area contributed by atoms with Gasteiger partial charge in [0.1, 0.15) is 6.04 Å². The van der Waals surface area contributed by atoms with Gasteiger partial charge in [-0.3, -0.25) is 14.4 Å². The Morgan fingerprint density at radius 1 is 1.14 bits per heavy atom. The lowest BCUT2D eigenvalue weighted by Gasteiger charge is -2.41. The van der Waals surface area contributed by atoms with Crippen molar-refractivity contribution in [3.8, 4) is 0 Å². The van der Waals surface area contributed by atoms with Crippen molar-refractivity contribution >= 4 is 40.6 Å². The molecule has 2 N–H and O–H groups in total. The number of halogens is 1. The second-order valence-electron chi connectivity index (χ2n) is 9.22. The summed E-state index contributed by atoms with van der Waals surface area (Å²) in [5, 5.41) is 13.8. The lowest BCUT2D eigenvalue weighted by atomic mass is 9.93. The summed E-state index contributed by atoms with van der Waals surface area (Å²) in [4.78, 5) is 42.9. The van der Waals surface area contributed by atoms with Crippen molar-refractivity contribution in [2.45, 2.75) is 30.4 Å². The fourth-order valence-electron chi connectivity index (χ4n) is 4.82. The maximum absolute atomic E-state index is 13.5. The van der Waals surface area contributed by atoms with Crippen LogP contribution < -0.4 is 5.32 Å². The van der Waals surface area contributed by atoms with E-state index in [1.807, 2.05) is 30.4 Å². The number of nitrogens with one attached hydrogen (secondary N) is 1. The fourth-order valence-corrected chi connectivity index (χ4v) is 4.98. The number of amides is 3. The summed E-state index contributed by atoms with van der Waals surface area (Å²) in [7, 11) is 0. The highest BCUT2D eigenvalue weighted by atomic mass is 35.5. The van der Waals surface area contributed by atoms with E-state index in [-0.39, 0.29) is 36.8 Å². The Morgan fingerprint density at radius 2 is 1.91 bits per heavy atom. The average molecular weight is 492 g/mol. The van der Waals surface area contributed by atoms with E-state index in [4.69, 9.17) is 11.6 Å². The molecule has 5 rings (SSSR count). The number of nitrogens with zero attached hydrogens (tertiary/aromatic N) is 2. The largest absolute Gasteiger partial charge is 0.376 e. The first-order valence-electron chi connectivity index (χ1n) is 11.6. The molecule has 3 unspecified atom stereocenters. The van der Waals surface area contributed by atoms with Crippen molar-refractivity contribution in [3.63, 3.8) is 0 Å². The van der Waals surface area contributed by atoms with Gasteiger partial charge in [0.2, 0.25) is 5.91 Å². The molecule has 1 saturated heterocycles. The summed E-state index contributed by atoms with van der Waals surface area (Å²) in [5.41, 5.74) is 1.44. The van der Waals surface area contributed by atoms with Crippen LogP contribution in [0.2, 0.25) is 0 Å². The zero-order valence-electron chi connectivity index (χ0n) is 19.3. The Labute approximate surface area is 208 Å². The smallest absolute Gasteiger partial charge is 0.259 e. The van der Waals surface area contributed by atoms with Gasteiger partial charge in [0.05, 0.1) is 23.2 Å². The second kappa shape index (κ2) is 8.98. The summed E-state index contributed by atoms with van der Waals surface area (Å²) in [6.07, 6.45) is 6.60. The summed E-state index contributed by atoms with van der Waals surface area (Å²) >= 11 is 6.14. The monoisotopic (exact) mass is 491 g/mol. The van der Waals surface area contributed by atoms with Gasteiger partial charge < -0.3 is 20.2 Å². The molecule has 3 amide bonds. The molecule has 2 heterocycles. The molecule has 0 radical (unpaired) electrons. The Hall–Kier alpha value is -3.42. The van der Waals surface area contributed by atoms with Gasteiger partial charge in [-0.15, -0.1) is 11.6 Å². The van der Waals surface area contributed by atoms with Crippen LogP contribution in [0.4, 0.5) is 5.69 Å². The van der Waals surface area contributed by atoms with E-state index in [9.17, 15) is 19.5 Å². The Bertz CT molecular complexity index is 1250. The molecule has 2 aromatic rings. The van der Waals surface area contributed by atoms with Gasteiger partial charge in [-0.2, -0.15) is 0 Å². The van der Waals surface area contributed by atoms with E-state index in [0.29, 0.717) is 23.2 Å². The zero-order chi connectivity index (χ0) is 24.7. The van der Waals surface area contributed by atoms with E-state index in [1.165, 1.54) is 16.7 Å².